The van der Waals surface area contributed by atoms with Gasteiger partial charge in [0.1, 0.15) is 28.8 Å². The molecular formula is C24H21F3N8O. The van der Waals surface area contributed by atoms with Crippen LogP contribution in [0.4, 0.5) is 13.2 Å². The van der Waals surface area contributed by atoms with Crippen molar-refractivity contribution < 1.29 is 13.2 Å². The van der Waals surface area contributed by atoms with Gasteiger partial charge in [-0.05, 0) is 51.3 Å². The van der Waals surface area contributed by atoms with Crippen LogP contribution in [0.25, 0.3) is 11.0 Å². The van der Waals surface area contributed by atoms with Crippen LogP contribution in [0.2, 0.25) is 0 Å². The van der Waals surface area contributed by atoms with Crippen LogP contribution in [0.1, 0.15) is 77.6 Å². The van der Waals surface area contributed by atoms with Gasteiger partial charge in [-0.25, -0.2) is 19.6 Å². The molecule has 5 rings (SSSR count). The number of alkyl halides is 3. The second-order valence-corrected chi connectivity index (χ2v) is 9.00. The van der Waals surface area contributed by atoms with E-state index in [1.807, 2.05) is 26.0 Å². The molecule has 1 aliphatic carbocycles. The number of H-pyrrole nitrogens is 1. The molecule has 1 aliphatic rings. The van der Waals surface area contributed by atoms with Gasteiger partial charge >= 0.3 is 6.18 Å². The Labute approximate surface area is 203 Å². The van der Waals surface area contributed by atoms with Gasteiger partial charge in [0, 0.05) is 29.4 Å². The van der Waals surface area contributed by atoms with Crippen LogP contribution in [0.15, 0.2) is 29.2 Å². The lowest BCUT2D eigenvalue weighted by Gasteiger charge is -2.34. The number of aromatic amines is 1. The molecule has 1 unspecified atom stereocenters. The fourth-order valence-electron chi connectivity index (χ4n) is 4.60. The van der Waals surface area contributed by atoms with Gasteiger partial charge in [-0.15, -0.1) is 0 Å². The van der Waals surface area contributed by atoms with Crippen molar-refractivity contribution in [3.63, 3.8) is 0 Å². The van der Waals surface area contributed by atoms with Crippen molar-refractivity contribution in [2.24, 2.45) is 0 Å². The van der Waals surface area contributed by atoms with Gasteiger partial charge in [-0.2, -0.15) is 23.5 Å². The van der Waals surface area contributed by atoms with Gasteiger partial charge in [0.2, 0.25) is 0 Å². The first-order valence-corrected chi connectivity index (χ1v) is 11.3. The van der Waals surface area contributed by atoms with Crippen LogP contribution >= 0.6 is 0 Å². The molecule has 0 aliphatic heterocycles. The molecule has 184 valence electrons. The van der Waals surface area contributed by atoms with Crippen LogP contribution in [-0.2, 0) is 6.18 Å². The maximum Gasteiger partial charge on any atom is 0.433 e. The van der Waals surface area contributed by atoms with Crippen LogP contribution in [0.3, 0.4) is 0 Å². The normalized spacial score (nSPS) is 18.6. The predicted molar refractivity (Wildman–Crippen MR) is 122 cm³/mol. The molecule has 12 heteroatoms. The zero-order chi connectivity index (χ0) is 25.8. The summed E-state index contributed by atoms with van der Waals surface area (Å²) in [6.45, 7) is 5.49. The molecule has 1 N–H and O–H groups in total. The first kappa shape index (κ1) is 23.6. The second kappa shape index (κ2) is 8.51. The van der Waals surface area contributed by atoms with Crippen LogP contribution in [0.5, 0.6) is 0 Å². The average Bonchev–Trinajstić information content (AvgIpc) is 3.16. The van der Waals surface area contributed by atoms with Gasteiger partial charge in [0.05, 0.1) is 6.04 Å². The average molecular weight is 494 g/mol. The van der Waals surface area contributed by atoms with Crippen molar-refractivity contribution in [1.29, 1.82) is 5.26 Å². The van der Waals surface area contributed by atoms with Crippen molar-refractivity contribution >= 4 is 11.0 Å². The topological polar surface area (TPSA) is 126 Å². The molecule has 1 fully saturated rings. The van der Waals surface area contributed by atoms with Gasteiger partial charge in [0.25, 0.3) is 5.56 Å². The molecule has 0 saturated heterocycles. The number of hydrogen-bond acceptors (Lipinski definition) is 7. The molecular weight excluding hydrogens is 473 g/mol. The highest BCUT2D eigenvalue weighted by Gasteiger charge is 2.38. The fourth-order valence-corrected chi connectivity index (χ4v) is 4.60. The summed E-state index contributed by atoms with van der Waals surface area (Å²) in [5, 5.41) is 13.9. The van der Waals surface area contributed by atoms with Gasteiger partial charge in [-0.3, -0.25) is 9.78 Å². The van der Waals surface area contributed by atoms with Gasteiger partial charge in [-0.1, -0.05) is 6.07 Å². The van der Waals surface area contributed by atoms with E-state index in [9.17, 15) is 23.2 Å². The number of rotatable bonds is 4. The lowest BCUT2D eigenvalue weighted by atomic mass is 9.72. The lowest BCUT2D eigenvalue weighted by molar-refractivity contribution is -0.141. The second-order valence-electron chi connectivity index (χ2n) is 9.00. The molecule has 0 spiro atoms. The molecule has 1 saturated carbocycles. The maximum absolute atomic E-state index is 13.0. The standard InChI is InChI=1S/C24H21F3N8O/c1-11-8-12(2)31-20(30-11)15-5-6-16(15)21-32-22-19(23(36)33-21)17(9-28)34-35(22)13(3)14-4-7-18(29-10-14)24(25,26)27/h4,7-8,10,13,15-16H,5-6H2,1-3H3,(H,32,33,36)/t13-,15+,16?/m0/s1. The number of nitrogens with one attached hydrogen (secondary N) is 1. The summed E-state index contributed by atoms with van der Waals surface area (Å²) in [7, 11) is 0. The molecule has 0 amide bonds. The Hall–Kier alpha value is -4.14. The molecule has 4 aromatic heterocycles. The minimum absolute atomic E-state index is 0.0208. The number of nitriles is 1. The summed E-state index contributed by atoms with van der Waals surface area (Å²) < 4.78 is 40.2. The van der Waals surface area contributed by atoms with Crippen molar-refractivity contribution in [3.8, 4) is 6.07 Å². The summed E-state index contributed by atoms with van der Waals surface area (Å²) in [5.74, 6) is 0.990. The Bertz CT molecular complexity index is 1550. The Morgan fingerprint density at radius 3 is 2.39 bits per heavy atom. The molecule has 0 bridgehead atoms. The Morgan fingerprint density at radius 1 is 1.14 bits per heavy atom. The summed E-state index contributed by atoms with van der Waals surface area (Å²) >= 11 is 0. The highest BCUT2D eigenvalue weighted by molar-refractivity contribution is 5.80. The molecule has 36 heavy (non-hydrogen) atoms. The van der Waals surface area contributed by atoms with Crippen LogP contribution in [-0.4, -0.2) is 34.7 Å². The van der Waals surface area contributed by atoms with E-state index in [1.165, 1.54) is 10.7 Å². The van der Waals surface area contributed by atoms with Gasteiger partial charge in [0.15, 0.2) is 11.3 Å². The van der Waals surface area contributed by atoms with Crippen molar-refractivity contribution in [2.45, 2.75) is 57.7 Å². The predicted octanol–water partition coefficient (Wildman–Crippen LogP) is 4.08. The third-order valence-electron chi connectivity index (χ3n) is 6.57. The number of pyridine rings is 1. The third kappa shape index (κ3) is 4.00. The monoisotopic (exact) mass is 494 g/mol. The Balaban J connectivity index is 1.57. The van der Waals surface area contributed by atoms with Crippen molar-refractivity contribution in [1.82, 2.24) is 34.7 Å². The molecule has 0 aromatic carbocycles. The summed E-state index contributed by atoms with van der Waals surface area (Å²) in [4.78, 5) is 33.2. The van der Waals surface area contributed by atoms with E-state index in [2.05, 4.69) is 30.0 Å². The quantitative estimate of drug-likeness (QED) is 0.453. The molecule has 0 radical (unpaired) electrons. The number of nitrogens with zero attached hydrogens (tertiary/aromatic N) is 7. The van der Waals surface area contributed by atoms with E-state index in [0.717, 1.165) is 36.5 Å². The van der Waals surface area contributed by atoms with Gasteiger partial charge < -0.3 is 4.98 Å². The highest BCUT2D eigenvalue weighted by atomic mass is 19.4. The molecule has 9 nitrogen and oxygen atoms in total. The number of fused-ring (bicyclic) bond motifs is 1. The third-order valence-corrected chi connectivity index (χ3v) is 6.57. The smallest absolute Gasteiger partial charge is 0.310 e. The van der Waals surface area contributed by atoms with Crippen molar-refractivity contribution in [2.75, 3.05) is 0 Å². The molecule has 4 heterocycles. The Morgan fingerprint density at radius 2 is 1.83 bits per heavy atom. The summed E-state index contributed by atoms with van der Waals surface area (Å²) in [5.41, 5.74) is 0.701. The highest BCUT2D eigenvalue weighted by Crippen LogP contribution is 2.47. The summed E-state index contributed by atoms with van der Waals surface area (Å²) in [6.07, 6.45) is -1.84. The Kier molecular flexibility index (Phi) is 5.58. The first-order chi connectivity index (χ1) is 17.1. The fraction of sp³-hybridized carbons (Fsp3) is 0.375. The van der Waals surface area contributed by atoms with Crippen molar-refractivity contribution in [3.05, 3.63) is 74.7 Å². The zero-order valence-electron chi connectivity index (χ0n) is 19.6. The largest absolute Gasteiger partial charge is 0.433 e. The SMILES string of the molecule is Cc1cc(C)nc([C@@H]2CCC2c2nc3c(c(C#N)nn3[C@@H](C)c3ccc(C(F)(F)F)nc3)c(=O)[nH]2)n1. The van der Waals surface area contributed by atoms with E-state index in [1.54, 1.807) is 6.92 Å². The zero-order valence-corrected chi connectivity index (χ0v) is 19.6. The van der Waals surface area contributed by atoms with Crippen LogP contribution in [0, 0.1) is 25.2 Å². The molecule has 4 aromatic rings. The number of hydrogen-bond donors (Lipinski definition) is 1. The lowest BCUT2D eigenvalue weighted by Crippen LogP contribution is -2.28. The number of halogens is 3. The minimum Gasteiger partial charge on any atom is -0.310 e. The van der Waals surface area contributed by atoms with Crippen LogP contribution < -0.4 is 5.56 Å². The maximum atomic E-state index is 13.0. The number of aryl methyl sites for hydroxylation is 2. The van der Waals surface area contributed by atoms with E-state index in [0.29, 0.717) is 17.2 Å². The minimum atomic E-state index is -4.56. The van der Waals surface area contributed by atoms with E-state index >= 15 is 0 Å². The van der Waals surface area contributed by atoms with E-state index in [4.69, 9.17) is 0 Å². The van der Waals surface area contributed by atoms with E-state index in [-0.39, 0.29) is 28.6 Å². The summed E-state index contributed by atoms with van der Waals surface area (Å²) in [6, 6.07) is 5.36. The first-order valence-electron chi connectivity index (χ1n) is 11.3. The molecule has 3 atom stereocenters. The number of aromatic nitrogens is 7. The van der Waals surface area contributed by atoms with E-state index < -0.39 is 23.5 Å².